The Morgan fingerprint density at radius 3 is 2.45 bits per heavy atom. The minimum Gasteiger partial charge on any atom is -0.324 e. The first-order valence-electron chi connectivity index (χ1n) is 8.16. The van der Waals surface area contributed by atoms with Crippen molar-refractivity contribution in [1.29, 1.82) is 0 Å². The molecule has 0 spiro atoms. The van der Waals surface area contributed by atoms with Crippen LogP contribution in [-0.2, 0) is 0 Å². The Kier molecular flexibility index (Phi) is 6.06. The monoisotopic (exact) mass is 274 g/mol. The van der Waals surface area contributed by atoms with Crippen LogP contribution in [-0.4, -0.2) is 25.0 Å². The zero-order valence-corrected chi connectivity index (χ0v) is 13.1. The third-order valence-corrected chi connectivity index (χ3v) is 4.69. The normalized spacial score (nSPS) is 20.0. The van der Waals surface area contributed by atoms with Crippen molar-refractivity contribution >= 4 is 0 Å². The van der Waals surface area contributed by atoms with Gasteiger partial charge < -0.3 is 10.6 Å². The van der Waals surface area contributed by atoms with Crippen LogP contribution in [0.25, 0.3) is 0 Å². The molecule has 1 aromatic carbocycles. The summed E-state index contributed by atoms with van der Waals surface area (Å²) in [6.07, 6.45) is 7.14. The van der Waals surface area contributed by atoms with Crippen molar-refractivity contribution in [3.8, 4) is 0 Å². The summed E-state index contributed by atoms with van der Waals surface area (Å²) in [6, 6.07) is 10.6. The van der Waals surface area contributed by atoms with Gasteiger partial charge in [-0.2, -0.15) is 0 Å². The molecule has 2 N–H and O–H groups in total. The van der Waals surface area contributed by atoms with Crippen molar-refractivity contribution < 1.29 is 0 Å². The summed E-state index contributed by atoms with van der Waals surface area (Å²) < 4.78 is 0. The Labute approximate surface area is 124 Å². The highest BCUT2D eigenvalue weighted by Crippen LogP contribution is 2.25. The van der Waals surface area contributed by atoms with Crippen molar-refractivity contribution in [2.75, 3.05) is 20.1 Å². The molecule has 1 saturated carbocycles. The van der Waals surface area contributed by atoms with E-state index >= 15 is 0 Å². The quantitative estimate of drug-likeness (QED) is 0.854. The standard InChI is InChI=1S/C18H30N2/c1-15(18(19)17-11-7-4-8-12-17)13-20(2)14-16-9-5-3-6-10-16/h4,7-8,11-12,15-16,18H,3,5-6,9-10,13-14,19H2,1-2H3. The van der Waals surface area contributed by atoms with E-state index in [1.54, 1.807) is 0 Å². The highest BCUT2D eigenvalue weighted by atomic mass is 15.1. The summed E-state index contributed by atoms with van der Waals surface area (Å²) in [5.74, 6) is 1.40. The van der Waals surface area contributed by atoms with Gasteiger partial charge >= 0.3 is 0 Å². The van der Waals surface area contributed by atoms with E-state index in [0.29, 0.717) is 5.92 Å². The van der Waals surface area contributed by atoms with Crippen molar-refractivity contribution in [2.45, 2.75) is 45.1 Å². The van der Waals surface area contributed by atoms with Gasteiger partial charge in [-0.3, -0.25) is 0 Å². The van der Waals surface area contributed by atoms with Crippen molar-refractivity contribution in [3.63, 3.8) is 0 Å². The first-order valence-corrected chi connectivity index (χ1v) is 8.16. The smallest absolute Gasteiger partial charge is 0.0333 e. The van der Waals surface area contributed by atoms with E-state index in [1.807, 2.05) is 0 Å². The van der Waals surface area contributed by atoms with Crippen LogP contribution >= 0.6 is 0 Å². The molecule has 0 aromatic heterocycles. The Bertz CT molecular complexity index is 370. The maximum atomic E-state index is 6.39. The van der Waals surface area contributed by atoms with Gasteiger partial charge in [0.1, 0.15) is 0 Å². The van der Waals surface area contributed by atoms with Crippen LogP contribution in [0.4, 0.5) is 0 Å². The van der Waals surface area contributed by atoms with Crippen LogP contribution in [0.1, 0.15) is 50.6 Å². The molecule has 1 aliphatic rings. The predicted octanol–water partition coefficient (Wildman–Crippen LogP) is 3.83. The molecule has 112 valence electrons. The van der Waals surface area contributed by atoms with Gasteiger partial charge in [-0.05, 0) is 37.3 Å². The first-order chi connectivity index (χ1) is 9.66. The zero-order valence-electron chi connectivity index (χ0n) is 13.1. The Morgan fingerprint density at radius 2 is 1.80 bits per heavy atom. The van der Waals surface area contributed by atoms with Crippen LogP contribution in [0.15, 0.2) is 30.3 Å². The summed E-state index contributed by atoms with van der Waals surface area (Å²) in [7, 11) is 2.25. The van der Waals surface area contributed by atoms with Crippen LogP contribution in [0.5, 0.6) is 0 Å². The molecular formula is C18H30N2. The second-order valence-electron chi connectivity index (χ2n) is 6.64. The first kappa shape index (κ1) is 15.5. The molecule has 1 aromatic rings. The fraction of sp³-hybridized carbons (Fsp3) is 0.667. The van der Waals surface area contributed by atoms with Gasteiger partial charge in [-0.15, -0.1) is 0 Å². The van der Waals surface area contributed by atoms with Crippen molar-refractivity contribution in [2.24, 2.45) is 17.6 Å². The average molecular weight is 274 g/mol. The number of nitrogens with two attached hydrogens (primary N) is 1. The molecule has 2 heteroatoms. The Balaban J connectivity index is 1.79. The largest absolute Gasteiger partial charge is 0.324 e. The van der Waals surface area contributed by atoms with Gasteiger partial charge in [0.25, 0.3) is 0 Å². The molecule has 1 aliphatic carbocycles. The van der Waals surface area contributed by atoms with Crippen molar-refractivity contribution in [3.05, 3.63) is 35.9 Å². The molecule has 2 nitrogen and oxygen atoms in total. The number of benzene rings is 1. The number of nitrogens with zero attached hydrogens (tertiary/aromatic N) is 1. The molecule has 0 amide bonds. The average Bonchev–Trinajstić information content (AvgIpc) is 2.48. The van der Waals surface area contributed by atoms with E-state index < -0.39 is 0 Å². The number of rotatable bonds is 6. The van der Waals surface area contributed by atoms with Crippen LogP contribution in [0.3, 0.4) is 0 Å². The van der Waals surface area contributed by atoms with Gasteiger partial charge in [0.05, 0.1) is 0 Å². The van der Waals surface area contributed by atoms with Gasteiger partial charge in [0.2, 0.25) is 0 Å². The van der Waals surface area contributed by atoms with E-state index in [2.05, 4.69) is 49.2 Å². The van der Waals surface area contributed by atoms with Crippen molar-refractivity contribution in [1.82, 2.24) is 4.90 Å². The summed E-state index contributed by atoms with van der Waals surface area (Å²) >= 11 is 0. The maximum absolute atomic E-state index is 6.39. The third-order valence-electron chi connectivity index (χ3n) is 4.69. The molecule has 0 saturated heterocycles. The minimum atomic E-state index is 0.144. The molecule has 2 rings (SSSR count). The summed E-state index contributed by atoms with van der Waals surface area (Å²) in [5, 5.41) is 0. The van der Waals surface area contributed by atoms with Gasteiger partial charge in [-0.1, -0.05) is 56.5 Å². The molecule has 20 heavy (non-hydrogen) atoms. The highest BCUT2D eigenvalue weighted by Gasteiger charge is 2.19. The van der Waals surface area contributed by atoms with Gasteiger partial charge in [0.15, 0.2) is 0 Å². The molecule has 0 aliphatic heterocycles. The molecule has 0 heterocycles. The summed E-state index contributed by atoms with van der Waals surface area (Å²) in [6.45, 7) is 4.60. The van der Waals surface area contributed by atoms with E-state index in [0.717, 1.165) is 12.5 Å². The molecule has 0 radical (unpaired) electrons. The summed E-state index contributed by atoms with van der Waals surface area (Å²) in [4.78, 5) is 2.49. The second-order valence-corrected chi connectivity index (χ2v) is 6.64. The highest BCUT2D eigenvalue weighted by molar-refractivity contribution is 5.19. The second kappa shape index (κ2) is 7.80. The van der Waals surface area contributed by atoms with Crippen LogP contribution in [0, 0.1) is 11.8 Å². The molecular weight excluding hydrogens is 244 g/mol. The third kappa shape index (κ3) is 4.60. The summed E-state index contributed by atoms with van der Waals surface area (Å²) in [5.41, 5.74) is 7.65. The predicted molar refractivity (Wildman–Crippen MR) is 86.6 cm³/mol. The lowest BCUT2D eigenvalue weighted by atomic mass is 9.88. The maximum Gasteiger partial charge on any atom is 0.0333 e. The number of hydrogen-bond acceptors (Lipinski definition) is 2. The lowest BCUT2D eigenvalue weighted by Gasteiger charge is -2.30. The topological polar surface area (TPSA) is 29.3 Å². The van der Waals surface area contributed by atoms with E-state index in [9.17, 15) is 0 Å². The lowest BCUT2D eigenvalue weighted by Crippen LogP contribution is -2.34. The van der Waals surface area contributed by atoms with Crippen LogP contribution in [0.2, 0.25) is 0 Å². The Morgan fingerprint density at radius 1 is 1.15 bits per heavy atom. The Hall–Kier alpha value is -0.860. The molecule has 1 fully saturated rings. The lowest BCUT2D eigenvalue weighted by molar-refractivity contribution is 0.203. The fourth-order valence-electron chi connectivity index (χ4n) is 3.49. The van der Waals surface area contributed by atoms with E-state index in [-0.39, 0.29) is 6.04 Å². The SMILES string of the molecule is CC(CN(C)CC1CCCCC1)C(N)c1ccccc1. The van der Waals surface area contributed by atoms with E-state index in [4.69, 9.17) is 5.73 Å². The zero-order chi connectivity index (χ0) is 14.4. The number of hydrogen-bond donors (Lipinski definition) is 1. The molecule has 0 bridgehead atoms. The van der Waals surface area contributed by atoms with Gasteiger partial charge in [0, 0.05) is 19.1 Å². The molecule has 2 unspecified atom stereocenters. The van der Waals surface area contributed by atoms with Crippen LogP contribution < -0.4 is 5.73 Å². The minimum absolute atomic E-state index is 0.144. The fourth-order valence-corrected chi connectivity index (χ4v) is 3.49. The molecule has 2 atom stereocenters. The van der Waals surface area contributed by atoms with Gasteiger partial charge in [-0.25, -0.2) is 0 Å². The van der Waals surface area contributed by atoms with E-state index in [1.165, 1.54) is 44.2 Å².